The summed E-state index contributed by atoms with van der Waals surface area (Å²) in [5.74, 6) is 0.278. The fourth-order valence-electron chi connectivity index (χ4n) is 1.29. The second-order valence-electron chi connectivity index (χ2n) is 5.66. The Labute approximate surface area is 93.4 Å². The van der Waals surface area contributed by atoms with Crippen LogP contribution in [0.4, 0.5) is 0 Å². The van der Waals surface area contributed by atoms with Crippen molar-refractivity contribution < 1.29 is 9.53 Å². The van der Waals surface area contributed by atoms with Gasteiger partial charge in [-0.05, 0) is 13.8 Å². The summed E-state index contributed by atoms with van der Waals surface area (Å²) in [6, 6.07) is 0. The van der Waals surface area contributed by atoms with Crippen LogP contribution in [0.3, 0.4) is 0 Å². The molecule has 0 amide bonds. The van der Waals surface area contributed by atoms with Crippen molar-refractivity contribution in [2.75, 3.05) is 13.2 Å². The molecule has 0 aliphatic carbocycles. The number of Topliss-reactive ketones (excluding diaryl/α,β-unsaturated/α-hetero) is 1. The maximum Gasteiger partial charge on any atom is 0.143 e. The highest BCUT2D eigenvalue weighted by atomic mass is 16.5. The smallest absolute Gasteiger partial charge is 0.143 e. The number of hydrogen-bond acceptors (Lipinski definition) is 3. The van der Waals surface area contributed by atoms with Crippen molar-refractivity contribution in [3.63, 3.8) is 0 Å². The van der Waals surface area contributed by atoms with Crippen LogP contribution in [0.5, 0.6) is 0 Å². The minimum absolute atomic E-state index is 0.0459. The zero-order valence-corrected chi connectivity index (χ0v) is 10.9. The van der Waals surface area contributed by atoms with Gasteiger partial charge in [0.1, 0.15) is 5.78 Å². The molecule has 0 saturated carbocycles. The summed E-state index contributed by atoms with van der Waals surface area (Å²) in [4.78, 5) is 11.9. The molecule has 0 rings (SSSR count). The van der Waals surface area contributed by atoms with Crippen LogP contribution in [-0.4, -0.2) is 24.5 Å². The molecule has 0 bridgehead atoms. The third kappa shape index (κ3) is 4.76. The molecule has 0 aliphatic heterocycles. The van der Waals surface area contributed by atoms with Gasteiger partial charge in [-0.2, -0.15) is 0 Å². The van der Waals surface area contributed by atoms with Gasteiger partial charge < -0.3 is 10.5 Å². The van der Waals surface area contributed by atoms with Crippen LogP contribution >= 0.6 is 0 Å². The first kappa shape index (κ1) is 14.6. The monoisotopic (exact) mass is 215 g/mol. The Morgan fingerprint density at radius 1 is 1.27 bits per heavy atom. The van der Waals surface area contributed by atoms with E-state index in [2.05, 4.69) is 0 Å². The molecule has 3 heteroatoms. The zero-order chi connectivity index (χ0) is 12.3. The van der Waals surface area contributed by atoms with Gasteiger partial charge in [0.05, 0.1) is 12.2 Å². The van der Waals surface area contributed by atoms with Gasteiger partial charge in [0.25, 0.3) is 0 Å². The summed E-state index contributed by atoms with van der Waals surface area (Å²) >= 11 is 0. The van der Waals surface area contributed by atoms with Gasteiger partial charge in [-0.25, -0.2) is 0 Å². The fourth-order valence-corrected chi connectivity index (χ4v) is 1.29. The molecule has 0 aromatic rings. The molecule has 0 atom stereocenters. The first-order valence-electron chi connectivity index (χ1n) is 5.51. The van der Waals surface area contributed by atoms with E-state index in [1.54, 1.807) is 0 Å². The lowest BCUT2D eigenvalue weighted by Gasteiger charge is -2.31. The Balaban J connectivity index is 4.33. The summed E-state index contributed by atoms with van der Waals surface area (Å²) in [7, 11) is 0. The summed E-state index contributed by atoms with van der Waals surface area (Å²) in [6.07, 6.45) is 0. The highest BCUT2D eigenvalue weighted by molar-refractivity contribution is 5.85. The van der Waals surface area contributed by atoms with Crippen molar-refractivity contribution in [1.82, 2.24) is 0 Å². The molecule has 0 aliphatic rings. The molecule has 0 unspecified atom stereocenters. The normalized spacial score (nSPS) is 13.3. The number of ether oxygens (including phenoxy) is 1. The molecule has 90 valence electrons. The minimum atomic E-state index is -0.430. The minimum Gasteiger partial charge on any atom is -0.373 e. The quantitative estimate of drug-likeness (QED) is 0.737. The van der Waals surface area contributed by atoms with Gasteiger partial charge in [-0.1, -0.05) is 27.7 Å². The summed E-state index contributed by atoms with van der Waals surface area (Å²) in [6.45, 7) is 12.4. The fraction of sp³-hybridized carbons (Fsp3) is 0.917. The van der Waals surface area contributed by atoms with Crippen molar-refractivity contribution in [1.29, 1.82) is 0 Å². The van der Waals surface area contributed by atoms with E-state index in [1.807, 2.05) is 41.5 Å². The van der Waals surface area contributed by atoms with Crippen molar-refractivity contribution in [3.05, 3.63) is 0 Å². The lowest BCUT2D eigenvalue weighted by Crippen LogP contribution is -2.40. The largest absolute Gasteiger partial charge is 0.373 e. The number of carbonyl (C=O) groups is 1. The van der Waals surface area contributed by atoms with Gasteiger partial charge in [-0.15, -0.1) is 0 Å². The molecule has 0 aromatic carbocycles. The number of hydrogen-bond donors (Lipinski definition) is 1. The zero-order valence-electron chi connectivity index (χ0n) is 10.9. The van der Waals surface area contributed by atoms with Crippen LogP contribution < -0.4 is 5.73 Å². The predicted molar refractivity (Wildman–Crippen MR) is 62.7 cm³/mol. The van der Waals surface area contributed by atoms with E-state index in [0.717, 1.165) is 0 Å². The average molecular weight is 215 g/mol. The van der Waals surface area contributed by atoms with Gasteiger partial charge in [0.15, 0.2) is 0 Å². The van der Waals surface area contributed by atoms with Crippen molar-refractivity contribution in [3.8, 4) is 0 Å². The van der Waals surface area contributed by atoms with Crippen LogP contribution in [0.2, 0.25) is 0 Å². The van der Waals surface area contributed by atoms with E-state index in [-0.39, 0.29) is 17.3 Å². The summed E-state index contributed by atoms with van der Waals surface area (Å²) in [5.41, 5.74) is 4.78. The second-order valence-corrected chi connectivity index (χ2v) is 5.66. The third-order valence-electron chi connectivity index (χ3n) is 2.51. The van der Waals surface area contributed by atoms with E-state index >= 15 is 0 Å². The number of carbonyl (C=O) groups excluding carboxylic acids is 1. The molecule has 0 fully saturated rings. The van der Waals surface area contributed by atoms with Gasteiger partial charge in [-0.3, -0.25) is 4.79 Å². The Morgan fingerprint density at radius 3 is 2.07 bits per heavy atom. The molecule has 0 aromatic heterocycles. The van der Waals surface area contributed by atoms with E-state index in [0.29, 0.717) is 13.2 Å². The van der Waals surface area contributed by atoms with Crippen LogP contribution in [0.1, 0.15) is 41.5 Å². The molecule has 0 spiro atoms. The maximum absolute atomic E-state index is 11.9. The predicted octanol–water partition coefficient (Wildman–Crippen LogP) is 1.99. The van der Waals surface area contributed by atoms with Gasteiger partial charge in [0.2, 0.25) is 0 Å². The summed E-state index contributed by atoms with van der Waals surface area (Å²) in [5, 5.41) is 0. The Bertz CT molecular complexity index is 220. The van der Waals surface area contributed by atoms with Crippen LogP contribution in [0.25, 0.3) is 0 Å². The first-order chi connectivity index (χ1) is 6.62. The van der Waals surface area contributed by atoms with Gasteiger partial charge in [0, 0.05) is 17.9 Å². The van der Waals surface area contributed by atoms with E-state index in [1.165, 1.54) is 0 Å². The Morgan fingerprint density at radius 2 is 1.73 bits per heavy atom. The molecule has 15 heavy (non-hydrogen) atoms. The number of rotatable bonds is 6. The van der Waals surface area contributed by atoms with Crippen molar-refractivity contribution in [2.24, 2.45) is 17.1 Å². The molecular weight excluding hydrogens is 190 g/mol. The van der Waals surface area contributed by atoms with Gasteiger partial charge >= 0.3 is 0 Å². The van der Waals surface area contributed by atoms with Crippen LogP contribution in [-0.2, 0) is 9.53 Å². The Hall–Kier alpha value is -0.410. The molecular formula is C12H25NO2. The highest BCUT2D eigenvalue weighted by Crippen LogP contribution is 2.24. The van der Waals surface area contributed by atoms with Crippen LogP contribution in [0, 0.1) is 11.3 Å². The van der Waals surface area contributed by atoms with E-state index < -0.39 is 5.41 Å². The maximum atomic E-state index is 11.9. The average Bonchev–Trinajstić information content (AvgIpc) is 2.14. The lowest BCUT2D eigenvalue weighted by atomic mass is 9.83. The topological polar surface area (TPSA) is 52.3 Å². The van der Waals surface area contributed by atoms with Crippen molar-refractivity contribution in [2.45, 2.75) is 47.1 Å². The highest BCUT2D eigenvalue weighted by Gasteiger charge is 2.31. The van der Waals surface area contributed by atoms with Crippen molar-refractivity contribution >= 4 is 5.78 Å². The van der Waals surface area contributed by atoms with Crippen LogP contribution in [0.15, 0.2) is 0 Å². The molecule has 2 N–H and O–H groups in total. The Kier molecular flexibility index (Phi) is 4.94. The first-order valence-corrected chi connectivity index (χ1v) is 5.51. The van der Waals surface area contributed by atoms with E-state index in [4.69, 9.17) is 10.5 Å². The summed E-state index contributed by atoms with van der Waals surface area (Å²) < 4.78 is 5.67. The molecule has 0 saturated heterocycles. The molecule has 0 radical (unpaired) electrons. The molecule has 3 nitrogen and oxygen atoms in total. The third-order valence-corrected chi connectivity index (χ3v) is 2.51. The number of nitrogens with two attached hydrogens (primary N) is 1. The second kappa shape index (κ2) is 5.08. The standard InChI is InChI=1S/C12H25NO2/c1-9(2)10(14)11(3,4)8-15-12(5,6)7-13/h9H,7-8,13H2,1-6H3. The molecule has 0 heterocycles. The van der Waals surface area contributed by atoms with E-state index in [9.17, 15) is 4.79 Å². The lowest BCUT2D eigenvalue weighted by molar-refractivity contribution is -0.137. The SMILES string of the molecule is CC(C)C(=O)C(C)(C)COC(C)(C)CN. The number of ketones is 1.